The first-order chi connectivity index (χ1) is 15.6. The zero-order valence-electron chi connectivity index (χ0n) is 21.8. The van der Waals surface area contributed by atoms with Crippen molar-refractivity contribution in [3.63, 3.8) is 0 Å². The number of fused-ring (bicyclic) bond motifs is 1. The molecule has 3 aliphatic heterocycles. The van der Waals surface area contributed by atoms with Crippen molar-refractivity contribution in [1.82, 2.24) is 15.5 Å². The summed E-state index contributed by atoms with van der Waals surface area (Å²) >= 11 is 5.39. The van der Waals surface area contributed by atoms with Gasteiger partial charge in [-0.15, -0.1) is 11.8 Å². The van der Waals surface area contributed by atoms with Crippen LogP contribution in [0, 0.1) is 23.2 Å². The third-order valence-electron chi connectivity index (χ3n) is 7.31. The maximum Gasteiger partial charge on any atom is 0.244 e. The summed E-state index contributed by atoms with van der Waals surface area (Å²) in [5.41, 5.74) is -0.458. The van der Waals surface area contributed by atoms with Crippen LogP contribution in [0.5, 0.6) is 0 Å². The number of hydrogen-bond acceptors (Lipinski definition) is 5. The molecular formula is C25H42BrN3O4S. The molecule has 3 fully saturated rings. The van der Waals surface area contributed by atoms with Gasteiger partial charge in [-0.3, -0.25) is 14.4 Å². The molecule has 7 atom stereocenters. The van der Waals surface area contributed by atoms with Crippen LogP contribution in [-0.2, 0) is 14.4 Å². The van der Waals surface area contributed by atoms with E-state index < -0.39 is 34.2 Å². The lowest BCUT2D eigenvalue weighted by Crippen LogP contribution is -2.60. The number of aliphatic hydroxyl groups is 1. The van der Waals surface area contributed by atoms with E-state index in [0.717, 1.165) is 6.42 Å². The Balaban J connectivity index is 2.06. The number of rotatable bonds is 8. The van der Waals surface area contributed by atoms with Gasteiger partial charge in [-0.05, 0) is 44.4 Å². The molecule has 3 aliphatic rings. The number of carbonyl (C=O) groups is 3. The molecular weight excluding hydrogens is 518 g/mol. The first-order valence-corrected chi connectivity index (χ1v) is 14.2. The van der Waals surface area contributed by atoms with E-state index in [0.29, 0.717) is 12.8 Å². The van der Waals surface area contributed by atoms with Crippen molar-refractivity contribution >= 4 is 45.4 Å². The van der Waals surface area contributed by atoms with E-state index in [2.05, 4.69) is 47.3 Å². The van der Waals surface area contributed by atoms with Crippen molar-refractivity contribution in [2.75, 3.05) is 13.7 Å². The van der Waals surface area contributed by atoms with Gasteiger partial charge in [0, 0.05) is 22.7 Å². The predicted molar refractivity (Wildman–Crippen MR) is 140 cm³/mol. The number of hydrogen-bond donors (Lipinski definition) is 3. The van der Waals surface area contributed by atoms with Gasteiger partial charge in [0.2, 0.25) is 17.7 Å². The lowest BCUT2D eigenvalue weighted by atomic mass is 9.70. The number of amides is 3. The monoisotopic (exact) mass is 559 g/mol. The second-order valence-corrected chi connectivity index (χ2v) is 15.3. The highest BCUT2D eigenvalue weighted by atomic mass is 79.9. The summed E-state index contributed by atoms with van der Waals surface area (Å²) in [5, 5.41) is 16.3. The number of thioether (sulfide) groups is 1. The summed E-state index contributed by atoms with van der Waals surface area (Å²) in [5.74, 6) is -1.33. The second-order valence-electron chi connectivity index (χ2n) is 12.6. The summed E-state index contributed by atoms with van der Waals surface area (Å²) in [7, 11) is 1.60. The second kappa shape index (κ2) is 9.58. The number of likely N-dealkylation sites (tertiary alicyclic amines) is 1. The van der Waals surface area contributed by atoms with Crippen LogP contribution in [0.25, 0.3) is 0 Å². The molecule has 0 aromatic carbocycles. The Hall–Kier alpha value is -0.800. The Morgan fingerprint density at radius 2 is 1.85 bits per heavy atom. The van der Waals surface area contributed by atoms with Gasteiger partial charge in [0.15, 0.2) is 0 Å². The molecule has 1 spiro atoms. The van der Waals surface area contributed by atoms with Crippen molar-refractivity contribution < 1.29 is 19.5 Å². The van der Waals surface area contributed by atoms with Crippen molar-refractivity contribution in [1.29, 1.82) is 0 Å². The predicted octanol–water partition coefficient (Wildman–Crippen LogP) is 2.94. The Morgan fingerprint density at radius 1 is 1.24 bits per heavy atom. The summed E-state index contributed by atoms with van der Waals surface area (Å²) in [6, 6.07) is -1.20. The van der Waals surface area contributed by atoms with E-state index in [9.17, 15) is 19.5 Å². The zero-order valence-corrected chi connectivity index (χ0v) is 24.2. The quantitative estimate of drug-likeness (QED) is 0.397. The summed E-state index contributed by atoms with van der Waals surface area (Å²) in [4.78, 5) is 42.7. The fourth-order valence-electron chi connectivity index (χ4n) is 6.82. The third kappa shape index (κ3) is 4.90. The van der Waals surface area contributed by atoms with Crippen LogP contribution in [-0.4, -0.2) is 73.8 Å². The van der Waals surface area contributed by atoms with Gasteiger partial charge in [0.1, 0.15) is 6.04 Å². The van der Waals surface area contributed by atoms with E-state index in [4.69, 9.17) is 0 Å². The van der Waals surface area contributed by atoms with Crippen LogP contribution in [0.4, 0.5) is 0 Å². The van der Waals surface area contributed by atoms with Crippen molar-refractivity contribution in [2.45, 2.75) is 100 Å². The topological polar surface area (TPSA) is 98.7 Å². The lowest BCUT2D eigenvalue weighted by molar-refractivity contribution is -0.143. The molecule has 0 saturated carbocycles. The van der Waals surface area contributed by atoms with Crippen LogP contribution in [0.3, 0.4) is 0 Å². The van der Waals surface area contributed by atoms with Gasteiger partial charge < -0.3 is 20.6 Å². The van der Waals surface area contributed by atoms with Crippen LogP contribution >= 0.6 is 27.7 Å². The van der Waals surface area contributed by atoms with Crippen molar-refractivity contribution in [3.8, 4) is 0 Å². The van der Waals surface area contributed by atoms with Crippen molar-refractivity contribution in [3.05, 3.63) is 0 Å². The molecule has 0 aromatic heterocycles. The minimum Gasteiger partial charge on any atom is -0.394 e. The van der Waals surface area contributed by atoms with Crippen LogP contribution in [0.1, 0.15) is 67.7 Å². The fourth-order valence-corrected chi connectivity index (χ4v) is 10.4. The number of carbonyl (C=O) groups excluding carboxylic acids is 3. The SMILES string of the molecule is CNC(=O)[C@H]1[C@H]2C(=O)N([C@@H](CO)CC(C)C)C(C(=O)NC(C)(C)CC(C)(C)C)C23CC(Br)[C@@H]1S3. The maximum absolute atomic E-state index is 14.1. The van der Waals surface area contributed by atoms with E-state index in [1.165, 1.54) is 0 Å². The fraction of sp³-hybridized carbons (Fsp3) is 0.880. The molecule has 3 rings (SSSR count). The average Bonchev–Trinajstić information content (AvgIpc) is 3.26. The standard InChI is InChI=1S/C25H42BrN3O4S/c1-13(2)9-14(11-30)29-19(21(32)28-24(6,7)12-23(3,4)5)25-10-15(26)18(34-25)16(20(31)27-8)17(25)22(29)33/h13-19,30H,9-12H2,1-8H3,(H,27,31)(H,28,32)/t14-,15?,16+,17+,18+,19?,25?/m1/s1. The Morgan fingerprint density at radius 3 is 2.35 bits per heavy atom. The average molecular weight is 561 g/mol. The van der Waals surface area contributed by atoms with Gasteiger partial charge in [-0.1, -0.05) is 50.5 Å². The maximum atomic E-state index is 14.1. The van der Waals surface area contributed by atoms with Gasteiger partial charge in [-0.2, -0.15) is 0 Å². The Kier molecular flexibility index (Phi) is 7.83. The van der Waals surface area contributed by atoms with E-state index >= 15 is 0 Å². The molecule has 0 radical (unpaired) electrons. The van der Waals surface area contributed by atoms with Crippen LogP contribution in [0.2, 0.25) is 0 Å². The van der Waals surface area contributed by atoms with E-state index in [-0.39, 0.29) is 45.7 Å². The Bertz CT molecular complexity index is 829. The normalized spacial score (nSPS) is 33.9. The molecule has 9 heteroatoms. The molecule has 7 nitrogen and oxygen atoms in total. The lowest BCUT2D eigenvalue weighted by Gasteiger charge is -2.41. The third-order valence-corrected chi connectivity index (χ3v) is 10.5. The zero-order chi connectivity index (χ0) is 25.8. The minimum absolute atomic E-state index is 0.0138. The molecule has 34 heavy (non-hydrogen) atoms. The van der Waals surface area contributed by atoms with E-state index in [1.807, 2.05) is 27.7 Å². The Labute approximate surface area is 217 Å². The number of aliphatic hydroxyl groups excluding tert-OH is 1. The molecule has 3 saturated heterocycles. The number of halogens is 1. The highest BCUT2D eigenvalue weighted by molar-refractivity contribution is 9.09. The minimum atomic E-state index is -0.732. The van der Waals surface area contributed by atoms with Crippen LogP contribution < -0.4 is 10.6 Å². The molecule has 3 unspecified atom stereocenters. The van der Waals surface area contributed by atoms with Crippen molar-refractivity contribution in [2.24, 2.45) is 23.2 Å². The first-order valence-electron chi connectivity index (χ1n) is 12.4. The molecule has 2 bridgehead atoms. The number of alkyl halides is 1. The van der Waals surface area contributed by atoms with E-state index in [1.54, 1.807) is 23.7 Å². The van der Waals surface area contributed by atoms with Gasteiger partial charge in [0.25, 0.3) is 0 Å². The summed E-state index contributed by atoms with van der Waals surface area (Å²) in [6.07, 6.45) is 2.01. The molecule has 194 valence electrons. The summed E-state index contributed by atoms with van der Waals surface area (Å²) in [6.45, 7) is 14.3. The molecule has 3 amide bonds. The molecule has 0 aromatic rings. The first kappa shape index (κ1) is 27.8. The highest BCUT2D eigenvalue weighted by Crippen LogP contribution is 2.68. The van der Waals surface area contributed by atoms with Gasteiger partial charge >= 0.3 is 0 Å². The molecule has 3 N–H and O–H groups in total. The molecule has 3 heterocycles. The van der Waals surface area contributed by atoms with Gasteiger partial charge in [0.05, 0.1) is 29.2 Å². The van der Waals surface area contributed by atoms with Crippen LogP contribution in [0.15, 0.2) is 0 Å². The van der Waals surface area contributed by atoms with Gasteiger partial charge in [-0.25, -0.2) is 0 Å². The largest absolute Gasteiger partial charge is 0.394 e. The number of nitrogens with zero attached hydrogens (tertiary/aromatic N) is 1. The highest BCUT2D eigenvalue weighted by Gasteiger charge is 2.76. The smallest absolute Gasteiger partial charge is 0.244 e. The number of nitrogens with one attached hydrogen (secondary N) is 2. The molecule has 0 aliphatic carbocycles. The summed E-state index contributed by atoms with van der Waals surface area (Å²) < 4.78 is -0.695.